The quantitative estimate of drug-likeness (QED) is 0.668. The summed E-state index contributed by atoms with van der Waals surface area (Å²) in [5, 5.41) is 13.1. The molecule has 4 amide bonds. The lowest BCUT2D eigenvalue weighted by Gasteiger charge is -2.22. The van der Waals surface area contributed by atoms with Crippen LogP contribution in [0.2, 0.25) is 0 Å². The van der Waals surface area contributed by atoms with Crippen LogP contribution in [0.15, 0.2) is 48.7 Å². The second-order valence-corrected chi connectivity index (χ2v) is 6.81. The largest absolute Gasteiger partial charge is 0.325 e. The van der Waals surface area contributed by atoms with Gasteiger partial charge in [0.05, 0.1) is 0 Å². The molecule has 0 aliphatic carbocycles. The Bertz CT molecular complexity index is 1090. The molecular weight excluding hydrogens is 360 g/mol. The van der Waals surface area contributed by atoms with E-state index in [2.05, 4.69) is 20.8 Å². The molecule has 2 N–H and O–H groups in total. The van der Waals surface area contributed by atoms with E-state index < -0.39 is 29.9 Å². The summed E-state index contributed by atoms with van der Waals surface area (Å²) in [4.78, 5) is 38.6. The van der Waals surface area contributed by atoms with E-state index in [1.54, 1.807) is 47.9 Å². The van der Waals surface area contributed by atoms with Crippen LogP contribution >= 0.6 is 0 Å². The number of aromatic nitrogens is 3. The molecule has 142 valence electrons. The summed E-state index contributed by atoms with van der Waals surface area (Å²) in [7, 11) is 0. The lowest BCUT2D eigenvalue weighted by Crippen LogP contribution is -2.42. The molecule has 9 heteroatoms. The molecule has 0 bridgehead atoms. The van der Waals surface area contributed by atoms with Crippen molar-refractivity contribution >= 4 is 29.4 Å². The Morgan fingerprint density at radius 2 is 1.89 bits per heavy atom. The van der Waals surface area contributed by atoms with Crippen LogP contribution in [0.3, 0.4) is 0 Å². The number of hydrogen-bond donors (Lipinski definition) is 2. The number of rotatable bonds is 4. The molecule has 3 aromatic rings. The number of hydrogen-bond acceptors (Lipinski definition) is 5. The first kappa shape index (κ1) is 17.7. The van der Waals surface area contributed by atoms with Crippen LogP contribution in [0.4, 0.5) is 10.7 Å². The minimum Gasteiger partial charge on any atom is -0.319 e. The number of imide groups is 1. The first-order valence-corrected chi connectivity index (χ1v) is 8.69. The van der Waals surface area contributed by atoms with Gasteiger partial charge >= 0.3 is 6.03 Å². The van der Waals surface area contributed by atoms with Gasteiger partial charge in [0, 0.05) is 6.20 Å². The molecule has 0 saturated carbocycles. The average Bonchev–Trinajstić information content (AvgIpc) is 3.17. The number of anilines is 1. The number of nitrogens with zero attached hydrogens (tertiary/aromatic N) is 4. The van der Waals surface area contributed by atoms with Crippen molar-refractivity contribution in [2.45, 2.75) is 19.4 Å². The standard InChI is InChI=1S/C19H18N6O3/c1-12-6-8-13(9-7-12)19(2)16(27)25(18(28)21-19)11-15(26)20-17-23-22-14-5-3-4-10-24(14)17/h3-10H,11H2,1-2H3,(H,21,28)(H,20,23,26). The van der Waals surface area contributed by atoms with Gasteiger partial charge in [-0.1, -0.05) is 35.9 Å². The van der Waals surface area contributed by atoms with Crippen molar-refractivity contribution in [2.24, 2.45) is 0 Å². The molecule has 1 saturated heterocycles. The zero-order valence-corrected chi connectivity index (χ0v) is 15.3. The Balaban J connectivity index is 1.51. The predicted octanol–water partition coefficient (Wildman–Crippen LogP) is 1.44. The molecule has 2 aromatic heterocycles. The maximum Gasteiger partial charge on any atom is 0.325 e. The Hall–Kier alpha value is -3.75. The molecule has 28 heavy (non-hydrogen) atoms. The van der Waals surface area contributed by atoms with E-state index >= 15 is 0 Å². The smallest absolute Gasteiger partial charge is 0.319 e. The molecule has 0 spiro atoms. The molecule has 1 fully saturated rings. The number of pyridine rings is 1. The number of nitrogens with one attached hydrogen (secondary N) is 2. The average molecular weight is 378 g/mol. The van der Waals surface area contributed by atoms with Crippen LogP contribution in [-0.2, 0) is 15.1 Å². The van der Waals surface area contributed by atoms with E-state index in [4.69, 9.17) is 0 Å². The number of aryl methyl sites for hydroxylation is 1. The van der Waals surface area contributed by atoms with Crippen molar-refractivity contribution in [1.82, 2.24) is 24.8 Å². The zero-order chi connectivity index (χ0) is 19.9. The molecule has 0 radical (unpaired) electrons. The SMILES string of the molecule is Cc1ccc(C2(C)NC(=O)N(CC(=O)Nc3nnc4ccccn34)C2=O)cc1. The van der Waals surface area contributed by atoms with Gasteiger partial charge in [-0.15, -0.1) is 10.2 Å². The summed E-state index contributed by atoms with van der Waals surface area (Å²) in [6.07, 6.45) is 1.70. The lowest BCUT2D eigenvalue weighted by atomic mass is 9.91. The molecule has 4 rings (SSSR count). The summed E-state index contributed by atoms with van der Waals surface area (Å²) >= 11 is 0. The molecule has 1 aliphatic rings. The summed E-state index contributed by atoms with van der Waals surface area (Å²) < 4.78 is 1.60. The zero-order valence-electron chi connectivity index (χ0n) is 15.3. The van der Waals surface area contributed by atoms with Crippen molar-refractivity contribution in [1.29, 1.82) is 0 Å². The second-order valence-electron chi connectivity index (χ2n) is 6.81. The Labute approximate surface area is 160 Å². The third-order valence-corrected chi connectivity index (χ3v) is 4.77. The van der Waals surface area contributed by atoms with E-state index in [1.165, 1.54) is 0 Å². The monoisotopic (exact) mass is 378 g/mol. The van der Waals surface area contributed by atoms with E-state index in [1.807, 2.05) is 19.1 Å². The van der Waals surface area contributed by atoms with E-state index in [0.29, 0.717) is 11.2 Å². The van der Waals surface area contributed by atoms with Crippen LogP contribution in [0.5, 0.6) is 0 Å². The predicted molar refractivity (Wildman–Crippen MR) is 100 cm³/mol. The first-order valence-electron chi connectivity index (χ1n) is 8.69. The van der Waals surface area contributed by atoms with Gasteiger partial charge in [0.1, 0.15) is 12.1 Å². The number of carbonyl (C=O) groups is 3. The fourth-order valence-corrected chi connectivity index (χ4v) is 3.16. The van der Waals surface area contributed by atoms with Gasteiger partial charge in [0.15, 0.2) is 5.65 Å². The van der Waals surface area contributed by atoms with Gasteiger partial charge in [0.2, 0.25) is 11.9 Å². The Morgan fingerprint density at radius 1 is 1.14 bits per heavy atom. The topological polar surface area (TPSA) is 109 Å². The van der Waals surface area contributed by atoms with Gasteiger partial charge in [-0.05, 0) is 31.5 Å². The number of benzene rings is 1. The summed E-state index contributed by atoms with van der Waals surface area (Å²) in [6, 6.07) is 12.0. The van der Waals surface area contributed by atoms with Gasteiger partial charge in [-0.25, -0.2) is 4.79 Å². The number of urea groups is 1. The Morgan fingerprint density at radius 3 is 2.64 bits per heavy atom. The van der Waals surface area contributed by atoms with Crippen LogP contribution in [0.1, 0.15) is 18.1 Å². The number of amides is 4. The maximum absolute atomic E-state index is 12.9. The minimum atomic E-state index is -1.22. The summed E-state index contributed by atoms with van der Waals surface area (Å²) in [5.74, 6) is -0.814. The molecule has 1 aromatic carbocycles. The fourth-order valence-electron chi connectivity index (χ4n) is 3.16. The molecule has 1 aliphatic heterocycles. The van der Waals surface area contributed by atoms with E-state index in [-0.39, 0.29) is 5.95 Å². The van der Waals surface area contributed by atoms with E-state index in [0.717, 1.165) is 10.5 Å². The Kier molecular flexibility index (Phi) is 4.07. The van der Waals surface area contributed by atoms with Crippen LogP contribution in [0, 0.1) is 6.92 Å². The van der Waals surface area contributed by atoms with Crippen molar-refractivity contribution in [2.75, 3.05) is 11.9 Å². The van der Waals surface area contributed by atoms with Crippen LogP contribution < -0.4 is 10.6 Å². The molecule has 3 heterocycles. The van der Waals surface area contributed by atoms with Gasteiger partial charge in [-0.2, -0.15) is 0 Å². The van der Waals surface area contributed by atoms with E-state index in [9.17, 15) is 14.4 Å². The van der Waals surface area contributed by atoms with Crippen molar-refractivity contribution in [3.05, 3.63) is 59.8 Å². The molecule has 1 atom stereocenters. The second kappa shape index (κ2) is 6.45. The fraction of sp³-hybridized carbons (Fsp3) is 0.211. The molecular formula is C19H18N6O3. The normalized spacial score (nSPS) is 19.1. The third-order valence-electron chi connectivity index (χ3n) is 4.77. The summed E-state index contributed by atoms with van der Waals surface area (Å²) in [6.45, 7) is 3.14. The highest BCUT2D eigenvalue weighted by atomic mass is 16.2. The minimum absolute atomic E-state index is 0.217. The molecule has 1 unspecified atom stereocenters. The third kappa shape index (κ3) is 2.86. The highest BCUT2D eigenvalue weighted by Crippen LogP contribution is 2.28. The van der Waals surface area contributed by atoms with Crippen molar-refractivity contribution < 1.29 is 14.4 Å². The highest BCUT2D eigenvalue weighted by molar-refractivity contribution is 6.10. The van der Waals surface area contributed by atoms with Crippen LogP contribution in [0.25, 0.3) is 5.65 Å². The maximum atomic E-state index is 12.9. The summed E-state index contributed by atoms with van der Waals surface area (Å²) in [5.41, 5.74) is 1.05. The van der Waals surface area contributed by atoms with Gasteiger partial charge in [0.25, 0.3) is 5.91 Å². The van der Waals surface area contributed by atoms with Crippen molar-refractivity contribution in [3.8, 4) is 0 Å². The lowest BCUT2D eigenvalue weighted by molar-refractivity contribution is -0.133. The number of carbonyl (C=O) groups excluding carboxylic acids is 3. The van der Waals surface area contributed by atoms with Crippen LogP contribution in [-0.4, -0.2) is 43.9 Å². The highest BCUT2D eigenvalue weighted by Gasteiger charge is 2.49. The molecule has 9 nitrogen and oxygen atoms in total. The van der Waals surface area contributed by atoms with Crippen molar-refractivity contribution in [3.63, 3.8) is 0 Å². The van der Waals surface area contributed by atoms with Gasteiger partial charge in [-0.3, -0.25) is 24.2 Å². The number of fused-ring (bicyclic) bond motifs is 1. The van der Waals surface area contributed by atoms with Gasteiger partial charge < -0.3 is 5.32 Å². The first-order chi connectivity index (χ1) is 13.4.